The highest BCUT2D eigenvalue weighted by Crippen LogP contribution is 2.35. The molecule has 1 atom stereocenters. The van der Waals surface area contributed by atoms with Gasteiger partial charge in [0.05, 0.1) is 7.11 Å². The summed E-state index contributed by atoms with van der Waals surface area (Å²) in [5.74, 6) is 0.255. The summed E-state index contributed by atoms with van der Waals surface area (Å²) in [5.41, 5.74) is 2.18. The molecular weight excluding hydrogens is 252 g/mol. The van der Waals surface area contributed by atoms with Gasteiger partial charge in [-0.05, 0) is 56.9 Å². The lowest BCUT2D eigenvalue weighted by Gasteiger charge is -2.22. The number of nitrogens with one attached hydrogen (secondary N) is 1. The number of carbonyl (C=O) groups is 1. The third kappa shape index (κ3) is 3.44. The molecule has 1 N–H and O–H groups in total. The predicted molar refractivity (Wildman–Crippen MR) is 82.2 cm³/mol. The molecule has 4 nitrogen and oxygen atoms in total. The Morgan fingerprint density at radius 2 is 1.90 bits per heavy atom. The molecule has 110 valence electrons. The van der Waals surface area contributed by atoms with Crippen LogP contribution in [0.25, 0.3) is 0 Å². The minimum absolute atomic E-state index is 0.166. The second-order valence-electron chi connectivity index (χ2n) is 5.20. The largest absolute Gasteiger partial charge is 0.467 e. The number of carbonyl (C=O) groups excluding carboxylic acids is 1. The van der Waals surface area contributed by atoms with Crippen molar-refractivity contribution in [3.63, 3.8) is 0 Å². The molecular formula is C16H24N2O2. The Morgan fingerprint density at radius 3 is 2.35 bits per heavy atom. The monoisotopic (exact) mass is 276 g/mol. The third-order valence-corrected chi connectivity index (χ3v) is 3.87. The van der Waals surface area contributed by atoms with E-state index in [-0.39, 0.29) is 12.0 Å². The number of ether oxygens (including phenoxy) is 1. The minimum atomic E-state index is -0.209. The van der Waals surface area contributed by atoms with Gasteiger partial charge in [-0.15, -0.1) is 0 Å². The van der Waals surface area contributed by atoms with Crippen molar-refractivity contribution in [1.82, 2.24) is 0 Å². The summed E-state index contributed by atoms with van der Waals surface area (Å²) < 4.78 is 4.87. The molecule has 20 heavy (non-hydrogen) atoms. The summed E-state index contributed by atoms with van der Waals surface area (Å²) in [6.45, 7) is 6.29. The first-order valence-electron chi connectivity index (χ1n) is 7.39. The normalized spacial score (nSPS) is 15.6. The maximum Gasteiger partial charge on any atom is 0.328 e. The number of esters is 1. The van der Waals surface area contributed by atoms with E-state index in [1.54, 1.807) is 0 Å². The smallest absolute Gasteiger partial charge is 0.328 e. The average molecular weight is 276 g/mol. The predicted octanol–water partition coefficient (Wildman–Crippen LogP) is 2.90. The summed E-state index contributed by atoms with van der Waals surface area (Å²) in [4.78, 5) is 14.1. The van der Waals surface area contributed by atoms with Gasteiger partial charge in [0.25, 0.3) is 0 Å². The van der Waals surface area contributed by atoms with Crippen LogP contribution in [0.4, 0.5) is 11.4 Å². The van der Waals surface area contributed by atoms with E-state index in [1.807, 2.05) is 12.1 Å². The van der Waals surface area contributed by atoms with Crippen LogP contribution >= 0.6 is 0 Å². The fourth-order valence-electron chi connectivity index (χ4n) is 2.46. The molecule has 0 saturated heterocycles. The van der Waals surface area contributed by atoms with Crippen LogP contribution in [-0.4, -0.2) is 32.2 Å². The Hall–Kier alpha value is -1.71. The summed E-state index contributed by atoms with van der Waals surface area (Å²) in [6.07, 6.45) is 2.20. The standard InChI is InChI=1S/C16H24N2O2/c1-4-18(5-2)14-10-8-13(9-11-14)17-15(12-6-7-12)16(19)20-3/h8-12,15,17H,4-7H2,1-3H3. The molecule has 0 radical (unpaired) electrons. The van der Waals surface area contributed by atoms with Crippen LogP contribution in [0.2, 0.25) is 0 Å². The zero-order valence-corrected chi connectivity index (χ0v) is 12.6. The van der Waals surface area contributed by atoms with Crippen molar-refractivity contribution in [3.05, 3.63) is 24.3 Å². The molecule has 1 aliphatic rings. The molecule has 0 heterocycles. The van der Waals surface area contributed by atoms with E-state index in [1.165, 1.54) is 12.8 Å². The fourth-order valence-corrected chi connectivity index (χ4v) is 2.46. The van der Waals surface area contributed by atoms with Gasteiger partial charge in [-0.2, -0.15) is 0 Å². The molecule has 0 spiro atoms. The lowest BCUT2D eigenvalue weighted by molar-refractivity contribution is -0.142. The summed E-state index contributed by atoms with van der Waals surface area (Å²) in [5, 5.41) is 3.30. The highest BCUT2D eigenvalue weighted by atomic mass is 16.5. The van der Waals surface area contributed by atoms with Crippen molar-refractivity contribution in [2.75, 3.05) is 30.4 Å². The van der Waals surface area contributed by atoms with E-state index < -0.39 is 0 Å². The van der Waals surface area contributed by atoms with Crippen molar-refractivity contribution < 1.29 is 9.53 Å². The highest BCUT2D eigenvalue weighted by Gasteiger charge is 2.36. The van der Waals surface area contributed by atoms with Crippen LogP contribution in [-0.2, 0) is 9.53 Å². The molecule has 0 amide bonds. The molecule has 1 fully saturated rings. The van der Waals surface area contributed by atoms with Gasteiger partial charge in [-0.1, -0.05) is 0 Å². The maximum atomic E-state index is 11.8. The van der Waals surface area contributed by atoms with E-state index in [0.717, 1.165) is 31.6 Å². The summed E-state index contributed by atoms with van der Waals surface area (Å²) in [6, 6.07) is 8.05. The summed E-state index contributed by atoms with van der Waals surface area (Å²) >= 11 is 0. The van der Waals surface area contributed by atoms with E-state index in [2.05, 4.69) is 36.2 Å². The van der Waals surface area contributed by atoms with Gasteiger partial charge in [-0.3, -0.25) is 0 Å². The van der Waals surface area contributed by atoms with Crippen LogP contribution < -0.4 is 10.2 Å². The fraction of sp³-hybridized carbons (Fsp3) is 0.562. The topological polar surface area (TPSA) is 41.6 Å². The van der Waals surface area contributed by atoms with Gasteiger partial charge in [0.15, 0.2) is 0 Å². The molecule has 0 bridgehead atoms. The molecule has 1 aromatic carbocycles. The average Bonchev–Trinajstić information content (AvgIpc) is 3.31. The van der Waals surface area contributed by atoms with E-state index in [4.69, 9.17) is 4.74 Å². The van der Waals surface area contributed by atoms with Crippen LogP contribution in [0.1, 0.15) is 26.7 Å². The van der Waals surface area contributed by atoms with E-state index >= 15 is 0 Å². The number of nitrogens with zero attached hydrogens (tertiary/aromatic N) is 1. The van der Waals surface area contributed by atoms with Gasteiger partial charge in [0.1, 0.15) is 6.04 Å². The van der Waals surface area contributed by atoms with Crippen molar-refractivity contribution in [1.29, 1.82) is 0 Å². The molecule has 1 aliphatic carbocycles. The number of methoxy groups -OCH3 is 1. The number of hydrogen-bond donors (Lipinski definition) is 1. The minimum Gasteiger partial charge on any atom is -0.467 e. The SMILES string of the molecule is CCN(CC)c1ccc(NC(C(=O)OC)C2CC2)cc1. The molecule has 1 saturated carbocycles. The molecule has 1 aromatic rings. The van der Waals surface area contributed by atoms with Crippen molar-refractivity contribution in [2.45, 2.75) is 32.7 Å². The van der Waals surface area contributed by atoms with Crippen LogP contribution in [0, 0.1) is 5.92 Å². The van der Waals surface area contributed by atoms with Gasteiger partial charge in [-0.25, -0.2) is 4.79 Å². The van der Waals surface area contributed by atoms with Gasteiger partial charge >= 0.3 is 5.97 Å². The lowest BCUT2D eigenvalue weighted by atomic mass is 10.1. The van der Waals surface area contributed by atoms with Crippen molar-refractivity contribution in [3.8, 4) is 0 Å². The summed E-state index contributed by atoms with van der Waals surface area (Å²) in [7, 11) is 1.45. The Balaban J connectivity index is 2.03. The van der Waals surface area contributed by atoms with Crippen molar-refractivity contribution in [2.24, 2.45) is 5.92 Å². The molecule has 2 rings (SSSR count). The Morgan fingerprint density at radius 1 is 1.30 bits per heavy atom. The van der Waals surface area contributed by atoms with Gasteiger partial charge in [0.2, 0.25) is 0 Å². The first-order valence-corrected chi connectivity index (χ1v) is 7.39. The zero-order valence-electron chi connectivity index (χ0n) is 12.6. The second kappa shape index (κ2) is 6.64. The second-order valence-corrected chi connectivity index (χ2v) is 5.20. The lowest BCUT2D eigenvalue weighted by Crippen LogP contribution is -2.32. The van der Waals surface area contributed by atoms with Crippen LogP contribution in [0.3, 0.4) is 0 Å². The number of hydrogen-bond acceptors (Lipinski definition) is 4. The Bertz CT molecular complexity index is 436. The highest BCUT2D eigenvalue weighted by molar-refractivity contribution is 5.80. The molecule has 4 heteroatoms. The molecule has 0 aromatic heterocycles. The van der Waals surface area contributed by atoms with Crippen LogP contribution in [0.5, 0.6) is 0 Å². The van der Waals surface area contributed by atoms with Gasteiger partial charge in [0, 0.05) is 24.5 Å². The van der Waals surface area contributed by atoms with E-state index in [9.17, 15) is 4.79 Å². The number of anilines is 2. The molecule has 0 aliphatic heterocycles. The van der Waals surface area contributed by atoms with Crippen LogP contribution in [0.15, 0.2) is 24.3 Å². The van der Waals surface area contributed by atoms with E-state index in [0.29, 0.717) is 5.92 Å². The quantitative estimate of drug-likeness (QED) is 0.778. The number of benzene rings is 1. The first kappa shape index (κ1) is 14.7. The first-order chi connectivity index (χ1) is 9.69. The zero-order chi connectivity index (χ0) is 14.5. The molecule has 1 unspecified atom stereocenters. The Kier molecular flexibility index (Phi) is 4.88. The third-order valence-electron chi connectivity index (χ3n) is 3.87. The Labute approximate surface area is 121 Å². The van der Waals surface area contributed by atoms with Crippen molar-refractivity contribution >= 4 is 17.3 Å². The number of rotatable bonds is 7. The maximum absolute atomic E-state index is 11.8. The van der Waals surface area contributed by atoms with Gasteiger partial charge < -0.3 is 15.0 Å².